The number of aryl methyl sites for hydroxylation is 1. The van der Waals surface area contributed by atoms with Crippen molar-refractivity contribution in [2.45, 2.75) is 11.8 Å². The monoisotopic (exact) mass is 492 g/mol. The first-order valence-corrected chi connectivity index (χ1v) is 10.7. The smallest absolute Gasteiger partial charge is 0.263 e. The molecule has 0 aliphatic carbocycles. The second-order valence-electron chi connectivity index (χ2n) is 5.98. The highest BCUT2D eigenvalue weighted by atomic mass is 79.9. The van der Waals surface area contributed by atoms with Crippen LogP contribution in [0.1, 0.15) is 5.76 Å². The van der Waals surface area contributed by atoms with Crippen LogP contribution in [0.3, 0.4) is 0 Å². The van der Waals surface area contributed by atoms with Crippen LogP contribution in [0, 0.1) is 6.92 Å². The number of hydrogen-bond acceptors (Lipinski definition) is 7. The summed E-state index contributed by atoms with van der Waals surface area (Å²) >= 11 is 1.48. The fourth-order valence-corrected chi connectivity index (χ4v) is 4.25. The third kappa shape index (κ3) is 5.03. The van der Waals surface area contributed by atoms with Gasteiger partial charge in [0.15, 0.2) is 10.9 Å². The minimum absolute atomic E-state index is 0. The lowest BCUT2D eigenvalue weighted by molar-refractivity contribution is 0.400. The predicted molar refractivity (Wildman–Crippen MR) is 120 cm³/mol. The van der Waals surface area contributed by atoms with Crippen molar-refractivity contribution in [3.63, 3.8) is 0 Å². The van der Waals surface area contributed by atoms with E-state index in [1.807, 2.05) is 35.7 Å². The molecule has 0 unspecified atom stereocenters. The Morgan fingerprint density at radius 3 is 2.41 bits per heavy atom. The molecule has 0 spiro atoms. The molecule has 150 valence electrons. The maximum Gasteiger partial charge on any atom is 0.263 e. The van der Waals surface area contributed by atoms with E-state index in [2.05, 4.69) is 20.2 Å². The lowest BCUT2D eigenvalue weighted by atomic mass is 10.2. The molecule has 2 aromatic carbocycles. The number of nitrogens with one attached hydrogen (secondary N) is 2. The number of hydrogen-bond donors (Lipinski definition) is 2. The van der Waals surface area contributed by atoms with Gasteiger partial charge >= 0.3 is 0 Å². The van der Waals surface area contributed by atoms with Gasteiger partial charge in [0.05, 0.1) is 10.6 Å². The molecule has 4 rings (SSSR count). The van der Waals surface area contributed by atoms with Gasteiger partial charge in [0, 0.05) is 22.7 Å². The zero-order valence-corrected chi connectivity index (χ0v) is 18.5. The van der Waals surface area contributed by atoms with E-state index in [1.165, 1.54) is 29.5 Å². The van der Waals surface area contributed by atoms with Gasteiger partial charge in [-0.2, -0.15) is 0 Å². The Hall–Kier alpha value is -2.69. The molecule has 2 aromatic heterocycles. The number of thiazole rings is 1. The van der Waals surface area contributed by atoms with E-state index < -0.39 is 10.0 Å². The largest absolute Gasteiger partial charge is 0.360 e. The number of halogens is 1. The normalized spacial score (nSPS) is 10.9. The van der Waals surface area contributed by atoms with Gasteiger partial charge in [0.25, 0.3) is 10.0 Å². The quantitative estimate of drug-likeness (QED) is 0.382. The van der Waals surface area contributed by atoms with Crippen molar-refractivity contribution in [1.29, 1.82) is 0 Å². The molecule has 0 aliphatic heterocycles. The molecule has 29 heavy (non-hydrogen) atoms. The third-order valence-electron chi connectivity index (χ3n) is 3.86. The first-order valence-electron chi connectivity index (χ1n) is 8.34. The van der Waals surface area contributed by atoms with Gasteiger partial charge in [-0.15, -0.1) is 28.3 Å². The van der Waals surface area contributed by atoms with E-state index in [-0.39, 0.29) is 27.7 Å². The fourth-order valence-electron chi connectivity index (χ4n) is 2.52. The van der Waals surface area contributed by atoms with Crippen LogP contribution in [-0.4, -0.2) is 18.6 Å². The SMILES string of the molecule is Br.Cc1cc(NS(=O)(=O)c2ccc(Nc3nc(-c4ccccc4)cs3)cc2)no1. The van der Waals surface area contributed by atoms with E-state index in [9.17, 15) is 8.42 Å². The average molecular weight is 493 g/mol. The topological polar surface area (TPSA) is 97.1 Å². The Morgan fingerprint density at radius 2 is 1.76 bits per heavy atom. The van der Waals surface area contributed by atoms with Crippen molar-refractivity contribution in [3.05, 3.63) is 71.8 Å². The standard InChI is InChI=1S/C19H16N4O3S2.BrH/c1-13-11-18(22-26-13)23-28(24,25)16-9-7-15(8-10-16)20-19-21-17(12-27-19)14-5-3-2-4-6-14;/h2-12H,1H3,(H,20,21)(H,22,23);1H. The number of aromatic nitrogens is 2. The van der Waals surface area contributed by atoms with E-state index in [0.717, 1.165) is 22.1 Å². The molecular weight excluding hydrogens is 476 g/mol. The first-order chi connectivity index (χ1) is 13.5. The molecular formula is C19H17BrN4O3S2. The highest BCUT2D eigenvalue weighted by Gasteiger charge is 2.16. The summed E-state index contributed by atoms with van der Waals surface area (Å²) < 4.78 is 32.1. The molecule has 2 heterocycles. The minimum atomic E-state index is -3.73. The second-order valence-corrected chi connectivity index (χ2v) is 8.52. The molecule has 0 saturated heterocycles. The van der Waals surface area contributed by atoms with Gasteiger partial charge < -0.3 is 9.84 Å². The van der Waals surface area contributed by atoms with E-state index in [1.54, 1.807) is 19.1 Å². The van der Waals surface area contributed by atoms with Crippen LogP contribution in [0.15, 0.2) is 75.5 Å². The van der Waals surface area contributed by atoms with Crippen LogP contribution in [-0.2, 0) is 10.0 Å². The highest BCUT2D eigenvalue weighted by Crippen LogP contribution is 2.27. The third-order valence-corrected chi connectivity index (χ3v) is 5.98. The average Bonchev–Trinajstić information content (AvgIpc) is 3.31. The summed E-state index contributed by atoms with van der Waals surface area (Å²) in [6.07, 6.45) is 0. The van der Waals surface area contributed by atoms with Crippen molar-refractivity contribution < 1.29 is 12.9 Å². The molecule has 0 fully saturated rings. The van der Waals surface area contributed by atoms with Crippen LogP contribution in [0.2, 0.25) is 0 Å². The van der Waals surface area contributed by atoms with Crippen LogP contribution in [0.25, 0.3) is 11.3 Å². The molecule has 10 heteroatoms. The number of nitrogens with zero attached hydrogens (tertiary/aromatic N) is 2. The first kappa shape index (κ1) is 21.0. The van der Waals surface area contributed by atoms with E-state index in [0.29, 0.717) is 5.76 Å². The molecule has 0 radical (unpaired) electrons. The summed E-state index contributed by atoms with van der Waals surface area (Å²) in [7, 11) is -3.73. The van der Waals surface area contributed by atoms with Crippen molar-refractivity contribution in [3.8, 4) is 11.3 Å². The predicted octanol–water partition coefficient (Wildman–Crippen LogP) is 5.23. The molecule has 7 nitrogen and oxygen atoms in total. The van der Waals surface area contributed by atoms with Crippen LogP contribution in [0.4, 0.5) is 16.6 Å². The van der Waals surface area contributed by atoms with Crippen molar-refractivity contribution in [2.75, 3.05) is 10.0 Å². The Labute approximate surface area is 182 Å². The van der Waals surface area contributed by atoms with Crippen LogP contribution >= 0.6 is 28.3 Å². The van der Waals surface area contributed by atoms with Crippen LogP contribution in [0.5, 0.6) is 0 Å². The summed E-state index contributed by atoms with van der Waals surface area (Å²) in [5.41, 5.74) is 2.67. The zero-order chi connectivity index (χ0) is 19.6. The summed E-state index contributed by atoms with van der Waals surface area (Å²) in [5.74, 6) is 0.673. The van der Waals surface area contributed by atoms with E-state index in [4.69, 9.17) is 4.52 Å². The van der Waals surface area contributed by atoms with E-state index >= 15 is 0 Å². The highest BCUT2D eigenvalue weighted by molar-refractivity contribution is 8.93. The molecule has 0 aliphatic rings. The zero-order valence-electron chi connectivity index (χ0n) is 15.2. The molecule has 0 amide bonds. The lowest BCUT2D eigenvalue weighted by Crippen LogP contribution is -2.13. The molecule has 4 aromatic rings. The number of rotatable bonds is 6. The summed E-state index contributed by atoms with van der Waals surface area (Å²) in [6.45, 7) is 1.69. The fraction of sp³-hybridized carbons (Fsp3) is 0.0526. The Morgan fingerprint density at radius 1 is 1.03 bits per heavy atom. The molecule has 0 bridgehead atoms. The summed E-state index contributed by atoms with van der Waals surface area (Å²) in [6, 6.07) is 17.8. The summed E-state index contributed by atoms with van der Waals surface area (Å²) in [5, 5.41) is 9.53. The summed E-state index contributed by atoms with van der Waals surface area (Å²) in [4.78, 5) is 4.69. The maximum atomic E-state index is 12.4. The maximum absolute atomic E-state index is 12.4. The number of benzene rings is 2. The molecule has 0 saturated carbocycles. The Bertz CT molecular complexity index is 1190. The van der Waals surface area contributed by atoms with Gasteiger partial charge in [0.1, 0.15) is 5.76 Å². The van der Waals surface area contributed by atoms with Crippen LogP contribution < -0.4 is 10.0 Å². The number of sulfonamides is 1. The van der Waals surface area contributed by atoms with Gasteiger partial charge in [-0.1, -0.05) is 35.5 Å². The van der Waals surface area contributed by atoms with Gasteiger partial charge in [-0.3, -0.25) is 4.72 Å². The van der Waals surface area contributed by atoms with Crippen molar-refractivity contribution in [2.24, 2.45) is 0 Å². The molecule has 2 N–H and O–H groups in total. The van der Waals surface area contributed by atoms with Crippen molar-refractivity contribution >= 4 is 55.0 Å². The Balaban J connectivity index is 0.00000240. The van der Waals surface area contributed by atoms with Gasteiger partial charge in [-0.05, 0) is 31.2 Å². The second kappa shape index (κ2) is 8.76. The molecule has 0 atom stereocenters. The Kier molecular flexibility index (Phi) is 6.36. The minimum Gasteiger partial charge on any atom is -0.360 e. The van der Waals surface area contributed by atoms with Gasteiger partial charge in [-0.25, -0.2) is 13.4 Å². The number of anilines is 3. The van der Waals surface area contributed by atoms with Gasteiger partial charge in [0.2, 0.25) is 0 Å². The lowest BCUT2D eigenvalue weighted by Gasteiger charge is -2.07. The van der Waals surface area contributed by atoms with Crippen molar-refractivity contribution in [1.82, 2.24) is 10.1 Å².